The molecule has 2 N–H and O–H groups in total. The summed E-state index contributed by atoms with van der Waals surface area (Å²) in [5.41, 5.74) is 2.52. The van der Waals surface area contributed by atoms with Gasteiger partial charge in [-0.3, -0.25) is 14.5 Å². The highest BCUT2D eigenvalue weighted by molar-refractivity contribution is 7.92. The average molecular weight is 416 g/mol. The largest absolute Gasteiger partial charge is 0.346 e. The summed E-state index contributed by atoms with van der Waals surface area (Å²) in [5, 5.41) is 3.29. The Morgan fingerprint density at radius 2 is 1.71 bits per heavy atom. The third-order valence-corrected chi connectivity index (χ3v) is 5.71. The van der Waals surface area contributed by atoms with E-state index in [0.29, 0.717) is 22.8 Å². The van der Waals surface area contributed by atoms with Crippen LogP contribution in [0.5, 0.6) is 0 Å². The number of hydrogen-bond donors (Lipinski definition) is 2. The maximum absolute atomic E-state index is 12.5. The van der Waals surface area contributed by atoms with Crippen LogP contribution >= 0.6 is 11.6 Å². The zero-order chi connectivity index (χ0) is 20.1. The third-order valence-electron chi connectivity index (χ3n) is 4.06. The van der Waals surface area contributed by atoms with Gasteiger partial charge < -0.3 is 5.32 Å². The van der Waals surface area contributed by atoms with Gasteiger partial charge in [-0.05, 0) is 67.1 Å². The van der Waals surface area contributed by atoms with Crippen LogP contribution in [0.3, 0.4) is 0 Å². The van der Waals surface area contributed by atoms with Gasteiger partial charge in [0.25, 0.3) is 15.9 Å². The van der Waals surface area contributed by atoms with Crippen LogP contribution in [0.15, 0.2) is 71.8 Å². The summed E-state index contributed by atoms with van der Waals surface area (Å²) < 4.78 is 27.4. The Labute approximate surface area is 168 Å². The SMILES string of the molecule is Cc1cccnc1CNC(=O)c1ccc(S(=O)(=O)Nc2ccc(Cl)cc2)cc1. The number of aryl methyl sites for hydroxylation is 1. The molecule has 0 aliphatic rings. The number of amides is 1. The average Bonchev–Trinajstić information content (AvgIpc) is 2.69. The fraction of sp³-hybridized carbons (Fsp3) is 0.100. The van der Waals surface area contributed by atoms with Crippen molar-refractivity contribution in [2.24, 2.45) is 0 Å². The number of anilines is 1. The maximum Gasteiger partial charge on any atom is 0.261 e. The number of nitrogens with one attached hydrogen (secondary N) is 2. The van der Waals surface area contributed by atoms with E-state index < -0.39 is 10.0 Å². The molecular formula is C20H18ClN3O3S. The number of benzene rings is 2. The van der Waals surface area contributed by atoms with Crippen LogP contribution in [0, 0.1) is 6.92 Å². The standard InChI is InChI=1S/C20H18ClN3O3S/c1-14-3-2-12-22-19(14)13-23-20(25)15-4-10-18(11-5-15)28(26,27)24-17-8-6-16(21)7-9-17/h2-12,24H,13H2,1H3,(H,23,25). The molecule has 1 aromatic heterocycles. The Hall–Kier alpha value is -2.90. The molecule has 8 heteroatoms. The van der Waals surface area contributed by atoms with Crippen molar-refractivity contribution in [3.8, 4) is 0 Å². The van der Waals surface area contributed by atoms with Crippen LogP contribution in [-0.2, 0) is 16.6 Å². The first-order valence-electron chi connectivity index (χ1n) is 8.42. The summed E-state index contributed by atoms with van der Waals surface area (Å²) in [6.07, 6.45) is 1.67. The molecule has 0 fully saturated rings. The van der Waals surface area contributed by atoms with E-state index in [-0.39, 0.29) is 10.8 Å². The Morgan fingerprint density at radius 3 is 2.36 bits per heavy atom. The number of nitrogens with zero attached hydrogens (tertiary/aromatic N) is 1. The van der Waals surface area contributed by atoms with Gasteiger partial charge in [0.05, 0.1) is 17.1 Å². The zero-order valence-corrected chi connectivity index (χ0v) is 16.6. The molecule has 3 rings (SSSR count). The van der Waals surface area contributed by atoms with Gasteiger partial charge in [0.2, 0.25) is 0 Å². The fourth-order valence-corrected chi connectivity index (χ4v) is 3.67. The van der Waals surface area contributed by atoms with E-state index in [1.165, 1.54) is 24.3 Å². The van der Waals surface area contributed by atoms with E-state index in [4.69, 9.17) is 11.6 Å². The van der Waals surface area contributed by atoms with Crippen molar-refractivity contribution in [1.82, 2.24) is 10.3 Å². The third kappa shape index (κ3) is 4.88. The summed E-state index contributed by atoms with van der Waals surface area (Å²) >= 11 is 5.80. The first kappa shape index (κ1) is 19.9. The Balaban J connectivity index is 1.67. The molecule has 6 nitrogen and oxygen atoms in total. The van der Waals surface area contributed by atoms with Crippen LogP contribution in [0.1, 0.15) is 21.6 Å². The summed E-state index contributed by atoms with van der Waals surface area (Å²) in [6, 6.07) is 15.8. The molecule has 0 radical (unpaired) electrons. The molecule has 144 valence electrons. The number of halogens is 1. The van der Waals surface area contributed by atoms with Crippen LogP contribution in [0.4, 0.5) is 5.69 Å². The summed E-state index contributed by atoms with van der Waals surface area (Å²) in [7, 11) is -3.76. The highest BCUT2D eigenvalue weighted by Gasteiger charge is 2.15. The number of hydrogen-bond acceptors (Lipinski definition) is 4. The molecule has 0 bridgehead atoms. The smallest absolute Gasteiger partial charge is 0.261 e. The van der Waals surface area contributed by atoms with Crippen molar-refractivity contribution >= 4 is 33.2 Å². The van der Waals surface area contributed by atoms with E-state index >= 15 is 0 Å². The van der Waals surface area contributed by atoms with Crippen LogP contribution in [0.25, 0.3) is 0 Å². The predicted molar refractivity (Wildman–Crippen MR) is 109 cm³/mol. The molecule has 0 atom stereocenters. The van der Waals surface area contributed by atoms with Crippen LogP contribution in [-0.4, -0.2) is 19.3 Å². The number of carbonyl (C=O) groups excluding carboxylic acids is 1. The monoisotopic (exact) mass is 415 g/mol. The van der Waals surface area contributed by atoms with Gasteiger partial charge in [0.15, 0.2) is 0 Å². The normalized spacial score (nSPS) is 11.1. The maximum atomic E-state index is 12.5. The van der Waals surface area contributed by atoms with Crippen molar-refractivity contribution in [2.45, 2.75) is 18.4 Å². The summed E-state index contributed by atoms with van der Waals surface area (Å²) in [4.78, 5) is 16.6. The lowest BCUT2D eigenvalue weighted by molar-refractivity contribution is 0.0950. The van der Waals surface area contributed by atoms with Crippen molar-refractivity contribution in [3.63, 3.8) is 0 Å². The lowest BCUT2D eigenvalue weighted by atomic mass is 10.2. The molecule has 0 unspecified atom stereocenters. The van der Waals surface area contributed by atoms with Gasteiger partial charge >= 0.3 is 0 Å². The van der Waals surface area contributed by atoms with Crippen molar-refractivity contribution in [1.29, 1.82) is 0 Å². The quantitative estimate of drug-likeness (QED) is 0.641. The summed E-state index contributed by atoms with van der Waals surface area (Å²) in [6.45, 7) is 2.21. The first-order chi connectivity index (χ1) is 13.3. The summed E-state index contributed by atoms with van der Waals surface area (Å²) in [5.74, 6) is -0.306. The second kappa shape index (κ2) is 8.41. The molecule has 0 spiro atoms. The Kier molecular flexibility index (Phi) is 5.96. The van der Waals surface area contributed by atoms with Gasteiger partial charge in [0.1, 0.15) is 0 Å². The molecular weight excluding hydrogens is 398 g/mol. The van der Waals surface area contributed by atoms with Gasteiger partial charge in [-0.25, -0.2) is 8.42 Å². The first-order valence-corrected chi connectivity index (χ1v) is 10.3. The lowest BCUT2D eigenvalue weighted by Crippen LogP contribution is -2.24. The highest BCUT2D eigenvalue weighted by Crippen LogP contribution is 2.19. The number of rotatable bonds is 6. The zero-order valence-electron chi connectivity index (χ0n) is 15.0. The van der Waals surface area contributed by atoms with Gasteiger partial charge in [-0.2, -0.15) is 0 Å². The molecule has 0 saturated heterocycles. The molecule has 2 aromatic carbocycles. The number of sulfonamides is 1. The van der Waals surface area contributed by atoms with Crippen molar-refractivity contribution < 1.29 is 13.2 Å². The minimum Gasteiger partial charge on any atom is -0.346 e. The van der Waals surface area contributed by atoms with E-state index in [2.05, 4.69) is 15.0 Å². The second-order valence-corrected chi connectivity index (χ2v) is 8.21. The van der Waals surface area contributed by atoms with Crippen molar-refractivity contribution in [2.75, 3.05) is 4.72 Å². The number of pyridine rings is 1. The molecule has 0 saturated carbocycles. The van der Waals surface area contributed by atoms with Crippen LogP contribution in [0.2, 0.25) is 5.02 Å². The van der Waals surface area contributed by atoms with Gasteiger partial charge in [-0.15, -0.1) is 0 Å². The van der Waals surface area contributed by atoms with Gasteiger partial charge in [0, 0.05) is 22.5 Å². The number of carbonyl (C=O) groups is 1. The topological polar surface area (TPSA) is 88.2 Å². The number of aromatic nitrogens is 1. The molecule has 0 aliphatic carbocycles. The lowest BCUT2D eigenvalue weighted by Gasteiger charge is -2.10. The van der Waals surface area contributed by atoms with Crippen molar-refractivity contribution in [3.05, 3.63) is 88.7 Å². The van der Waals surface area contributed by atoms with E-state index in [0.717, 1.165) is 11.3 Å². The van der Waals surface area contributed by atoms with Gasteiger partial charge in [-0.1, -0.05) is 17.7 Å². The molecule has 1 heterocycles. The fourth-order valence-electron chi connectivity index (χ4n) is 2.49. The molecule has 0 aliphatic heterocycles. The molecule has 1 amide bonds. The van der Waals surface area contributed by atoms with Crippen LogP contribution < -0.4 is 10.0 Å². The van der Waals surface area contributed by atoms with E-state index in [1.54, 1.807) is 30.5 Å². The minimum absolute atomic E-state index is 0.0552. The highest BCUT2D eigenvalue weighted by atomic mass is 35.5. The van der Waals surface area contributed by atoms with E-state index in [9.17, 15) is 13.2 Å². The minimum atomic E-state index is -3.76. The predicted octanol–water partition coefficient (Wildman–Crippen LogP) is 3.77. The molecule has 3 aromatic rings. The Bertz CT molecular complexity index is 1080. The molecule has 28 heavy (non-hydrogen) atoms. The Morgan fingerprint density at radius 1 is 1.04 bits per heavy atom. The van der Waals surface area contributed by atoms with E-state index in [1.807, 2.05) is 19.1 Å². The second-order valence-electron chi connectivity index (χ2n) is 6.09.